The average Bonchev–Trinajstić information content (AvgIpc) is 2.13. The Balaban J connectivity index is 2.51. The first-order chi connectivity index (χ1) is 5.22. The number of rotatable bonds is 1. The van der Waals surface area contributed by atoms with Crippen molar-refractivity contribution in [3.05, 3.63) is 12.2 Å². The average molecular weight is 153 g/mol. The number of nitrogens with zero attached hydrogens (tertiary/aromatic N) is 1. The van der Waals surface area contributed by atoms with Crippen LogP contribution in [0.25, 0.3) is 0 Å². The normalized spacial score (nSPS) is 27.5. The van der Waals surface area contributed by atoms with Crippen LogP contribution in [0, 0.1) is 0 Å². The van der Waals surface area contributed by atoms with Crippen LogP contribution in [0.2, 0.25) is 0 Å². The van der Waals surface area contributed by atoms with Crippen molar-refractivity contribution >= 4 is 0 Å². The van der Waals surface area contributed by atoms with Crippen LogP contribution in [0.3, 0.4) is 0 Å². The van der Waals surface area contributed by atoms with Crippen molar-refractivity contribution in [3.8, 4) is 0 Å². The maximum atomic E-state index is 2.57. The fraction of sp³-hybridized carbons (Fsp3) is 0.800. The van der Waals surface area contributed by atoms with Crippen molar-refractivity contribution in [2.24, 2.45) is 0 Å². The van der Waals surface area contributed by atoms with Crippen molar-refractivity contribution in [2.75, 3.05) is 6.54 Å². The lowest BCUT2D eigenvalue weighted by atomic mass is 10.2. The van der Waals surface area contributed by atoms with Crippen LogP contribution in [0.15, 0.2) is 12.2 Å². The number of hydrogen-bond donors (Lipinski definition) is 0. The molecule has 1 rings (SSSR count). The van der Waals surface area contributed by atoms with E-state index in [9.17, 15) is 0 Å². The highest BCUT2D eigenvalue weighted by atomic mass is 15.2. The van der Waals surface area contributed by atoms with Crippen molar-refractivity contribution < 1.29 is 0 Å². The van der Waals surface area contributed by atoms with Crippen LogP contribution in [0.5, 0.6) is 0 Å². The predicted octanol–water partition coefficient (Wildman–Crippen LogP) is 2.44. The van der Waals surface area contributed by atoms with Crippen LogP contribution >= 0.6 is 0 Å². The molecule has 0 radical (unpaired) electrons. The highest BCUT2D eigenvalue weighted by Gasteiger charge is 2.16. The Hall–Kier alpha value is -0.300. The van der Waals surface area contributed by atoms with Gasteiger partial charge in [-0.3, -0.25) is 4.90 Å². The Morgan fingerprint density at radius 3 is 2.73 bits per heavy atom. The Kier molecular flexibility index (Phi) is 3.13. The maximum absolute atomic E-state index is 2.57. The summed E-state index contributed by atoms with van der Waals surface area (Å²) in [7, 11) is 0. The van der Waals surface area contributed by atoms with Crippen LogP contribution in [0.4, 0.5) is 0 Å². The third-order valence-corrected chi connectivity index (χ3v) is 2.43. The molecule has 0 saturated carbocycles. The standard InChI is InChI=1S/C10H19N/c1-9(2)11-8-6-4-5-7-10(11)3/h4-5,9-10H,6-8H2,1-3H3. The second-order valence-corrected chi connectivity index (χ2v) is 3.68. The summed E-state index contributed by atoms with van der Waals surface area (Å²) in [6.45, 7) is 8.11. The molecule has 0 bridgehead atoms. The van der Waals surface area contributed by atoms with Gasteiger partial charge in [-0.05, 0) is 33.6 Å². The summed E-state index contributed by atoms with van der Waals surface area (Å²) in [5, 5.41) is 0. The van der Waals surface area contributed by atoms with Gasteiger partial charge in [0.25, 0.3) is 0 Å². The Labute approximate surface area is 70.1 Å². The zero-order valence-electron chi connectivity index (χ0n) is 7.88. The first kappa shape index (κ1) is 8.79. The van der Waals surface area contributed by atoms with Crippen LogP contribution in [-0.2, 0) is 0 Å². The first-order valence-corrected chi connectivity index (χ1v) is 4.62. The van der Waals surface area contributed by atoms with E-state index in [1.807, 2.05) is 0 Å². The van der Waals surface area contributed by atoms with Gasteiger partial charge in [0, 0.05) is 18.6 Å². The quantitative estimate of drug-likeness (QED) is 0.523. The summed E-state index contributed by atoms with van der Waals surface area (Å²) in [4.78, 5) is 2.57. The third kappa shape index (κ3) is 2.33. The molecule has 1 heteroatoms. The van der Waals surface area contributed by atoms with Crippen molar-refractivity contribution in [3.63, 3.8) is 0 Å². The molecule has 1 heterocycles. The van der Waals surface area contributed by atoms with Crippen LogP contribution < -0.4 is 0 Å². The van der Waals surface area contributed by atoms with Crippen LogP contribution in [-0.4, -0.2) is 23.5 Å². The minimum absolute atomic E-state index is 0.699. The minimum atomic E-state index is 0.699. The molecule has 1 unspecified atom stereocenters. The molecule has 0 N–H and O–H groups in total. The lowest BCUT2D eigenvalue weighted by molar-refractivity contribution is 0.172. The molecule has 0 saturated heterocycles. The fourth-order valence-corrected chi connectivity index (χ4v) is 1.76. The van der Waals surface area contributed by atoms with Crippen LogP contribution in [0.1, 0.15) is 33.6 Å². The molecule has 1 aliphatic heterocycles. The SMILES string of the molecule is CC(C)N1CCC=CCC1C. The molecule has 1 nitrogen and oxygen atoms in total. The van der Waals surface area contributed by atoms with Gasteiger partial charge in [0.1, 0.15) is 0 Å². The molecule has 1 aliphatic rings. The molecule has 1 atom stereocenters. The monoisotopic (exact) mass is 153 g/mol. The van der Waals surface area contributed by atoms with Gasteiger partial charge in [-0.1, -0.05) is 12.2 Å². The lowest BCUT2D eigenvalue weighted by Crippen LogP contribution is -2.38. The Bertz CT molecular complexity index is 138. The van der Waals surface area contributed by atoms with E-state index in [0.717, 1.165) is 6.04 Å². The van der Waals surface area contributed by atoms with E-state index in [4.69, 9.17) is 0 Å². The summed E-state index contributed by atoms with van der Waals surface area (Å²) < 4.78 is 0. The summed E-state index contributed by atoms with van der Waals surface area (Å²) >= 11 is 0. The summed E-state index contributed by atoms with van der Waals surface area (Å²) in [5.41, 5.74) is 0. The van der Waals surface area contributed by atoms with Gasteiger partial charge in [-0.15, -0.1) is 0 Å². The van der Waals surface area contributed by atoms with Gasteiger partial charge in [-0.25, -0.2) is 0 Å². The molecule has 64 valence electrons. The molecule has 0 aliphatic carbocycles. The van der Waals surface area contributed by atoms with E-state index in [-0.39, 0.29) is 0 Å². The zero-order chi connectivity index (χ0) is 8.27. The molecule has 11 heavy (non-hydrogen) atoms. The summed E-state index contributed by atoms with van der Waals surface area (Å²) in [6, 6.07) is 1.43. The van der Waals surface area contributed by atoms with Gasteiger partial charge in [0.05, 0.1) is 0 Å². The van der Waals surface area contributed by atoms with Gasteiger partial charge in [-0.2, -0.15) is 0 Å². The zero-order valence-corrected chi connectivity index (χ0v) is 7.88. The van der Waals surface area contributed by atoms with Gasteiger partial charge in [0.15, 0.2) is 0 Å². The molecule has 0 aromatic rings. The van der Waals surface area contributed by atoms with E-state index >= 15 is 0 Å². The second kappa shape index (κ2) is 3.91. The van der Waals surface area contributed by atoms with Gasteiger partial charge >= 0.3 is 0 Å². The topological polar surface area (TPSA) is 3.24 Å². The molecule has 0 aromatic carbocycles. The van der Waals surface area contributed by atoms with Crippen molar-refractivity contribution in [1.29, 1.82) is 0 Å². The molecule has 0 fully saturated rings. The van der Waals surface area contributed by atoms with Crippen molar-refractivity contribution in [2.45, 2.75) is 45.7 Å². The van der Waals surface area contributed by atoms with Gasteiger partial charge in [0.2, 0.25) is 0 Å². The highest BCUT2D eigenvalue weighted by molar-refractivity contribution is 4.91. The fourth-order valence-electron chi connectivity index (χ4n) is 1.76. The summed E-state index contributed by atoms with van der Waals surface area (Å²) in [6.07, 6.45) is 7.06. The number of hydrogen-bond acceptors (Lipinski definition) is 1. The van der Waals surface area contributed by atoms with Gasteiger partial charge < -0.3 is 0 Å². The molecule has 0 spiro atoms. The largest absolute Gasteiger partial charge is 0.298 e. The lowest BCUT2D eigenvalue weighted by Gasteiger charge is -2.30. The van der Waals surface area contributed by atoms with E-state index in [1.54, 1.807) is 0 Å². The predicted molar refractivity (Wildman–Crippen MR) is 49.7 cm³/mol. The smallest absolute Gasteiger partial charge is 0.0104 e. The second-order valence-electron chi connectivity index (χ2n) is 3.68. The third-order valence-electron chi connectivity index (χ3n) is 2.43. The molecular formula is C10H19N. The Morgan fingerprint density at radius 2 is 2.09 bits per heavy atom. The molecular weight excluding hydrogens is 134 g/mol. The maximum Gasteiger partial charge on any atom is 0.0104 e. The van der Waals surface area contributed by atoms with Crippen molar-refractivity contribution in [1.82, 2.24) is 4.90 Å². The van der Waals surface area contributed by atoms with E-state index in [2.05, 4.69) is 37.8 Å². The van der Waals surface area contributed by atoms with E-state index in [0.29, 0.717) is 6.04 Å². The molecule has 0 amide bonds. The first-order valence-electron chi connectivity index (χ1n) is 4.62. The van der Waals surface area contributed by atoms with E-state index < -0.39 is 0 Å². The highest BCUT2D eigenvalue weighted by Crippen LogP contribution is 2.13. The Morgan fingerprint density at radius 1 is 1.36 bits per heavy atom. The summed E-state index contributed by atoms with van der Waals surface area (Å²) in [5.74, 6) is 0. The van der Waals surface area contributed by atoms with E-state index in [1.165, 1.54) is 19.4 Å². The molecule has 0 aromatic heterocycles. The minimum Gasteiger partial charge on any atom is -0.298 e.